The average Bonchev–Trinajstić information content (AvgIpc) is 1.89. The Morgan fingerprint density at radius 3 is 2.56 bits per heavy atom. The minimum Gasteiger partial charge on any atom is -0.323 e. The maximum absolute atomic E-state index is 5.04. The van der Waals surface area contributed by atoms with E-state index in [1.54, 1.807) is 0 Å². The van der Waals surface area contributed by atoms with Crippen molar-refractivity contribution in [2.75, 3.05) is 0 Å². The molecule has 0 rings (SSSR count). The second-order valence-electron chi connectivity index (χ2n) is 2.32. The zero-order valence-corrected chi connectivity index (χ0v) is 6.35. The predicted molar refractivity (Wildman–Crippen MR) is 41.4 cm³/mol. The highest BCUT2D eigenvalue weighted by Crippen LogP contribution is 1.99. The number of hydrogen-bond acceptors (Lipinski definition) is 2. The lowest BCUT2D eigenvalue weighted by Gasteiger charge is -1.95. The Morgan fingerprint density at radius 1 is 1.44 bits per heavy atom. The molecule has 0 aromatic carbocycles. The van der Waals surface area contributed by atoms with E-state index in [0.29, 0.717) is 0 Å². The number of rotatable bonds is 4. The number of hydrogen-bond donors (Lipinski definition) is 1. The standard InChI is InChI=1S/C7H16N2/c1-3-4-5-6-7(2)9-8/h3-6,8H2,1-2H3. The molecule has 0 fully saturated rings. The van der Waals surface area contributed by atoms with Gasteiger partial charge in [0.05, 0.1) is 0 Å². The van der Waals surface area contributed by atoms with E-state index in [0.717, 1.165) is 12.1 Å². The van der Waals surface area contributed by atoms with Crippen LogP contribution in [0.5, 0.6) is 0 Å². The Labute approximate surface area is 57.1 Å². The van der Waals surface area contributed by atoms with Gasteiger partial charge in [-0.05, 0) is 19.8 Å². The monoisotopic (exact) mass is 128 g/mol. The summed E-state index contributed by atoms with van der Waals surface area (Å²) in [5.74, 6) is 5.04. The van der Waals surface area contributed by atoms with Crippen LogP contribution in [0.25, 0.3) is 0 Å². The van der Waals surface area contributed by atoms with E-state index in [2.05, 4.69) is 12.0 Å². The molecular weight excluding hydrogens is 112 g/mol. The Morgan fingerprint density at radius 2 is 2.11 bits per heavy atom. The second-order valence-corrected chi connectivity index (χ2v) is 2.32. The largest absolute Gasteiger partial charge is 0.323 e. The lowest BCUT2D eigenvalue weighted by atomic mass is 10.1. The van der Waals surface area contributed by atoms with Gasteiger partial charge in [-0.25, -0.2) is 0 Å². The average molecular weight is 128 g/mol. The van der Waals surface area contributed by atoms with Gasteiger partial charge in [0.15, 0.2) is 0 Å². The van der Waals surface area contributed by atoms with Crippen molar-refractivity contribution in [2.45, 2.75) is 39.5 Å². The van der Waals surface area contributed by atoms with Gasteiger partial charge < -0.3 is 5.84 Å². The van der Waals surface area contributed by atoms with Crippen LogP contribution in [0, 0.1) is 0 Å². The first kappa shape index (κ1) is 8.47. The molecule has 0 aliphatic rings. The van der Waals surface area contributed by atoms with Gasteiger partial charge in [0.25, 0.3) is 0 Å². The Balaban J connectivity index is 3.07. The van der Waals surface area contributed by atoms with Gasteiger partial charge in [0, 0.05) is 5.71 Å². The van der Waals surface area contributed by atoms with Crippen molar-refractivity contribution in [1.29, 1.82) is 0 Å². The first-order valence-electron chi connectivity index (χ1n) is 3.54. The summed E-state index contributed by atoms with van der Waals surface area (Å²) in [6.45, 7) is 4.16. The van der Waals surface area contributed by atoms with E-state index in [9.17, 15) is 0 Å². The fourth-order valence-electron chi connectivity index (χ4n) is 0.695. The molecule has 0 aromatic heterocycles. The summed E-state index contributed by atoms with van der Waals surface area (Å²) < 4.78 is 0. The second kappa shape index (κ2) is 5.60. The molecule has 54 valence electrons. The maximum Gasteiger partial charge on any atom is 0.0345 e. The topological polar surface area (TPSA) is 38.4 Å². The summed E-state index contributed by atoms with van der Waals surface area (Å²) in [5.41, 5.74) is 1.06. The number of nitrogens with two attached hydrogens (primary N) is 1. The molecular formula is C7H16N2. The molecule has 0 radical (unpaired) electrons. The Hall–Kier alpha value is -0.530. The summed E-state index contributed by atoms with van der Waals surface area (Å²) in [6, 6.07) is 0. The summed E-state index contributed by atoms with van der Waals surface area (Å²) in [6.07, 6.45) is 4.83. The highest BCUT2D eigenvalue weighted by molar-refractivity contribution is 5.81. The van der Waals surface area contributed by atoms with Crippen LogP contribution in [0.4, 0.5) is 0 Å². The van der Waals surface area contributed by atoms with Crippen molar-refractivity contribution in [1.82, 2.24) is 0 Å². The number of nitrogens with zero attached hydrogens (tertiary/aromatic N) is 1. The van der Waals surface area contributed by atoms with Crippen LogP contribution in [-0.4, -0.2) is 5.71 Å². The van der Waals surface area contributed by atoms with Gasteiger partial charge in [-0.1, -0.05) is 19.8 Å². The first-order chi connectivity index (χ1) is 4.31. The van der Waals surface area contributed by atoms with Crippen molar-refractivity contribution in [3.63, 3.8) is 0 Å². The molecule has 0 aromatic rings. The normalized spacial score (nSPS) is 12.0. The quantitative estimate of drug-likeness (QED) is 0.267. The van der Waals surface area contributed by atoms with Gasteiger partial charge in [-0.2, -0.15) is 5.10 Å². The zero-order valence-electron chi connectivity index (χ0n) is 6.35. The molecule has 0 saturated heterocycles. The van der Waals surface area contributed by atoms with Gasteiger partial charge in [-0.15, -0.1) is 0 Å². The van der Waals surface area contributed by atoms with Crippen molar-refractivity contribution >= 4 is 5.71 Å². The lowest BCUT2D eigenvalue weighted by molar-refractivity contribution is 0.740. The zero-order chi connectivity index (χ0) is 7.11. The molecule has 0 atom stereocenters. The molecule has 2 nitrogen and oxygen atoms in total. The van der Waals surface area contributed by atoms with E-state index >= 15 is 0 Å². The molecule has 0 aliphatic heterocycles. The van der Waals surface area contributed by atoms with E-state index < -0.39 is 0 Å². The lowest BCUT2D eigenvalue weighted by Crippen LogP contribution is -1.95. The van der Waals surface area contributed by atoms with E-state index in [1.807, 2.05) is 6.92 Å². The maximum atomic E-state index is 5.04. The molecule has 9 heavy (non-hydrogen) atoms. The van der Waals surface area contributed by atoms with Crippen molar-refractivity contribution in [2.24, 2.45) is 10.9 Å². The summed E-state index contributed by atoms with van der Waals surface area (Å²) >= 11 is 0. The van der Waals surface area contributed by atoms with E-state index in [4.69, 9.17) is 5.84 Å². The Kier molecular flexibility index (Phi) is 5.27. The fraction of sp³-hybridized carbons (Fsp3) is 0.857. The van der Waals surface area contributed by atoms with Gasteiger partial charge in [0.1, 0.15) is 0 Å². The van der Waals surface area contributed by atoms with Gasteiger partial charge in [0.2, 0.25) is 0 Å². The van der Waals surface area contributed by atoms with Crippen LogP contribution in [0.1, 0.15) is 39.5 Å². The number of hydrazone groups is 1. The minimum absolute atomic E-state index is 1.06. The molecule has 0 amide bonds. The third-order valence-electron chi connectivity index (χ3n) is 1.36. The number of unbranched alkanes of at least 4 members (excludes halogenated alkanes) is 2. The summed E-state index contributed by atoms with van der Waals surface area (Å²) in [7, 11) is 0. The molecule has 2 N–H and O–H groups in total. The van der Waals surface area contributed by atoms with Gasteiger partial charge >= 0.3 is 0 Å². The molecule has 0 heterocycles. The SMILES string of the molecule is CCCCCC(C)=NN. The van der Waals surface area contributed by atoms with Crippen LogP contribution in [-0.2, 0) is 0 Å². The highest BCUT2D eigenvalue weighted by atomic mass is 15.1. The predicted octanol–water partition coefficient (Wildman–Crippen LogP) is 1.90. The third kappa shape index (κ3) is 5.34. The van der Waals surface area contributed by atoms with Crippen LogP contribution in [0.2, 0.25) is 0 Å². The molecule has 0 unspecified atom stereocenters. The highest BCUT2D eigenvalue weighted by Gasteiger charge is 1.88. The molecule has 0 saturated carbocycles. The van der Waals surface area contributed by atoms with Crippen LogP contribution >= 0.6 is 0 Å². The van der Waals surface area contributed by atoms with Crippen molar-refractivity contribution in [3.8, 4) is 0 Å². The van der Waals surface area contributed by atoms with Crippen molar-refractivity contribution in [3.05, 3.63) is 0 Å². The molecule has 0 spiro atoms. The van der Waals surface area contributed by atoms with E-state index in [-0.39, 0.29) is 0 Å². The summed E-state index contributed by atoms with van der Waals surface area (Å²) in [5, 5.41) is 3.58. The summed E-state index contributed by atoms with van der Waals surface area (Å²) in [4.78, 5) is 0. The fourth-order valence-corrected chi connectivity index (χ4v) is 0.695. The Bertz CT molecular complexity index is 86.9. The third-order valence-corrected chi connectivity index (χ3v) is 1.36. The first-order valence-corrected chi connectivity index (χ1v) is 3.54. The minimum atomic E-state index is 1.06. The molecule has 0 aliphatic carbocycles. The van der Waals surface area contributed by atoms with E-state index in [1.165, 1.54) is 19.3 Å². The van der Waals surface area contributed by atoms with Crippen LogP contribution < -0.4 is 5.84 Å². The smallest absolute Gasteiger partial charge is 0.0345 e. The van der Waals surface area contributed by atoms with Crippen LogP contribution in [0.15, 0.2) is 5.10 Å². The van der Waals surface area contributed by atoms with Crippen molar-refractivity contribution < 1.29 is 0 Å². The molecule has 2 heteroatoms. The van der Waals surface area contributed by atoms with Crippen LogP contribution in [0.3, 0.4) is 0 Å². The van der Waals surface area contributed by atoms with Gasteiger partial charge in [-0.3, -0.25) is 0 Å². The molecule has 0 bridgehead atoms.